The van der Waals surface area contributed by atoms with Gasteiger partial charge < -0.3 is 20.7 Å². The number of nitrogens with zero attached hydrogens (tertiary/aromatic N) is 4. The lowest BCUT2D eigenvalue weighted by molar-refractivity contribution is -0.0168. The zero-order valence-electron chi connectivity index (χ0n) is 17.7. The predicted octanol–water partition coefficient (Wildman–Crippen LogP) is 4.14. The van der Waals surface area contributed by atoms with Crippen LogP contribution in [0.1, 0.15) is 30.9 Å². The number of aromatic nitrogens is 3. The normalized spacial score (nSPS) is 15.5. The van der Waals surface area contributed by atoms with Crippen LogP contribution in [0.4, 0.5) is 27.5 Å². The average molecular weight is 445 g/mol. The fraction of sp³-hybridized carbons (Fsp3) is 0.318. The maximum Gasteiger partial charge on any atom is 0.150 e. The molecule has 31 heavy (non-hydrogen) atoms. The summed E-state index contributed by atoms with van der Waals surface area (Å²) in [7, 11) is 1.72. The molecule has 0 radical (unpaired) electrons. The molecule has 1 atom stereocenters. The van der Waals surface area contributed by atoms with Gasteiger partial charge >= 0.3 is 0 Å². The van der Waals surface area contributed by atoms with Crippen LogP contribution in [0, 0.1) is 5.82 Å². The molecule has 164 valence electrons. The lowest BCUT2D eigenvalue weighted by Crippen LogP contribution is -2.61. The lowest BCUT2D eigenvalue weighted by atomic mass is 9.88. The van der Waals surface area contributed by atoms with Gasteiger partial charge in [-0.15, -0.1) is 12.4 Å². The maximum absolute atomic E-state index is 13.4. The number of halogens is 2. The Bertz CT molecular complexity index is 1030. The summed E-state index contributed by atoms with van der Waals surface area (Å²) in [6.07, 6.45) is 4.84. The van der Waals surface area contributed by atoms with Gasteiger partial charge in [-0.05, 0) is 24.6 Å². The van der Waals surface area contributed by atoms with E-state index in [1.165, 1.54) is 12.1 Å². The summed E-state index contributed by atoms with van der Waals surface area (Å²) >= 11 is 0. The van der Waals surface area contributed by atoms with Gasteiger partial charge in [-0.3, -0.25) is 4.98 Å². The van der Waals surface area contributed by atoms with E-state index >= 15 is 0 Å². The molecular weight excluding hydrogens is 419 g/mol. The van der Waals surface area contributed by atoms with Crippen LogP contribution in [0.5, 0.6) is 0 Å². The summed E-state index contributed by atoms with van der Waals surface area (Å²) in [5, 5.41) is 3.16. The van der Waals surface area contributed by atoms with Crippen molar-refractivity contribution >= 4 is 35.5 Å². The Labute approximate surface area is 187 Å². The number of rotatable bonds is 6. The Morgan fingerprint density at radius 1 is 1.19 bits per heavy atom. The first-order valence-corrected chi connectivity index (χ1v) is 9.77. The number of pyridine rings is 1. The van der Waals surface area contributed by atoms with E-state index in [0.717, 1.165) is 29.9 Å². The summed E-state index contributed by atoms with van der Waals surface area (Å²) in [6.45, 7) is 5.60. The van der Waals surface area contributed by atoms with E-state index < -0.39 is 0 Å². The third-order valence-corrected chi connectivity index (χ3v) is 5.57. The highest BCUT2D eigenvalue weighted by Gasteiger charge is 2.40. The van der Waals surface area contributed by atoms with E-state index in [1.54, 1.807) is 37.8 Å². The van der Waals surface area contributed by atoms with Gasteiger partial charge in [0.15, 0.2) is 0 Å². The van der Waals surface area contributed by atoms with Gasteiger partial charge in [0.25, 0.3) is 0 Å². The van der Waals surface area contributed by atoms with Crippen LogP contribution in [0.2, 0.25) is 0 Å². The van der Waals surface area contributed by atoms with Crippen LogP contribution in [0.3, 0.4) is 0 Å². The number of hydrogen-bond donors (Lipinski definition) is 2. The molecule has 3 N–H and O–H groups in total. The number of nitrogens with one attached hydrogen (secondary N) is 1. The maximum atomic E-state index is 13.4. The molecule has 1 aliphatic rings. The fourth-order valence-electron chi connectivity index (χ4n) is 3.80. The molecule has 1 aromatic carbocycles. The van der Waals surface area contributed by atoms with Gasteiger partial charge in [-0.1, -0.05) is 19.1 Å². The smallest absolute Gasteiger partial charge is 0.150 e. The van der Waals surface area contributed by atoms with Crippen molar-refractivity contribution in [3.63, 3.8) is 0 Å². The summed E-state index contributed by atoms with van der Waals surface area (Å²) in [6, 6.07) is 8.46. The molecule has 4 rings (SSSR count). The third kappa shape index (κ3) is 4.70. The summed E-state index contributed by atoms with van der Waals surface area (Å²) in [4.78, 5) is 15.1. The first-order chi connectivity index (χ1) is 14.4. The highest BCUT2D eigenvalue weighted by Crippen LogP contribution is 2.41. The summed E-state index contributed by atoms with van der Waals surface area (Å²) in [5.41, 5.74) is 9.09. The molecule has 1 aliphatic heterocycles. The van der Waals surface area contributed by atoms with Crippen molar-refractivity contribution in [3.8, 4) is 0 Å². The number of hydrogen-bond acceptors (Lipinski definition) is 7. The molecule has 7 nitrogen and oxygen atoms in total. The van der Waals surface area contributed by atoms with Gasteiger partial charge in [-0.25, -0.2) is 14.4 Å². The minimum Gasteiger partial charge on any atom is -0.383 e. The van der Waals surface area contributed by atoms with Crippen LogP contribution in [-0.2, 0) is 4.74 Å². The van der Waals surface area contributed by atoms with Crippen molar-refractivity contribution in [2.45, 2.75) is 25.4 Å². The van der Waals surface area contributed by atoms with E-state index in [1.807, 2.05) is 6.07 Å². The lowest BCUT2D eigenvalue weighted by Gasteiger charge is -2.49. The van der Waals surface area contributed by atoms with Gasteiger partial charge in [-0.2, -0.15) is 0 Å². The van der Waals surface area contributed by atoms with Gasteiger partial charge in [0, 0.05) is 55.8 Å². The predicted molar refractivity (Wildman–Crippen MR) is 123 cm³/mol. The number of ether oxygens (including phenoxy) is 1. The molecule has 0 spiro atoms. The summed E-state index contributed by atoms with van der Waals surface area (Å²) in [5.74, 6) is 1.26. The number of anilines is 4. The molecule has 2 aromatic heterocycles. The molecule has 0 saturated carbocycles. The second-order valence-electron chi connectivity index (χ2n) is 7.82. The number of nitrogens with two attached hydrogens (primary N) is 1. The van der Waals surface area contributed by atoms with Crippen molar-refractivity contribution in [2.75, 3.05) is 36.1 Å². The Balaban J connectivity index is 0.00000272. The number of methoxy groups -OCH3 is 1. The molecule has 3 heterocycles. The molecular formula is C22H26ClFN6O. The van der Waals surface area contributed by atoms with Crippen LogP contribution < -0.4 is 16.0 Å². The minimum absolute atomic E-state index is 0. The Kier molecular flexibility index (Phi) is 6.62. The molecule has 1 saturated heterocycles. The zero-order valence-corrected chi connectivity index (χ0v) is 18.5. The van der Waals surface area contributed by atoms with E-state index in [9.17, 15) is 4.39 Å². The van der Waals surface area contributed by atoms with Crippen molar-refractivity contribution < 1.29 is 9.13 Å². The molecule has 0 aliphatic carbocycles. The SMILES string of the molecule is COC1(C)CN(c2cc(Nc3cnccn3)nc(N)c2C(C)c2ccc(F)cc2)C1.Cl. The van der Waals surface area contributed by atoms with Crippen LogP contribution in [0.15, 0.2) is 48.9 Å². The number of nitrogen functional groups attached to an aromatic ring is 1. The average Bonchev–Trinajstić information content (AvgIpc) is 2.72. The minimum atomic E-state index is -0.264. The van der Waals surface area contributed by atoms with Crippen LogP contribution in [-0.4, -0.2) is 40.8 Å². The largest absolute Gasteiger partial charge is 0.383 e. The van der Waals surface area contributed by atoms with Crippen LogP contribution in [0.25, 0.3) is 0 Å². The molecule has 0 bridgehead atoms. The highest BCUT2D eigenvalue weighted by atomic mass is 35.5. The highest BCUT2D eigenvalue weighted by molar-refractivity contribution is 5.85. The molecule has 3 aromatic rings. The number of benzene rings is 1. The third-order valence-electron chi connectivity index (χ3n) is 5.57. The monoisotopic (exact) mass is 444 g/mol. The van der Waals surface area contributed by atoms with Crippen molar-refractivity contribution in [3.05, 3.63) is 65.9 Å². The Hall–Kier alpha value is -2.97. The zero-order chi connectivity index (χ0) is 21.3. The van der Waals surface area contributed by atoms with Crippen molar-refractivity contribution in [2.24, 2.45) is 0 Å². The van der Waals surface area contributed by atoms with Gasteiger partial charge in [0.2, 0.25) is 0 Å². The van der Waals surface area contributed by atoms with E-state index in [0.29, 0.717) is 17.5 Å². The molecule has 1 unspecified atom stereocenters. The summed E-state index contributed by atoms with van der Waals surface area (Å²) < 4.78 is 19.0. The fourth-order valence-corrected chi connectivity index (χ4v) is 3.80. The first kappa shape index (κ1) is 22.7. The Morgan fingerprint density at radius 2 is 1.90 bits per heavy atom. The van der Waals surface area contributed by atoms with Crippen molar-refractivity contribution in [1.82, 2.24) is 15.0 Å². The molecule has 0 amide bonds. The Morgan fingerprint density at radius 3 is 2.52 bits per heavy atom. The topological polar surface area (TPSA) is 89.2 Å². The van der Waals surface area contributed by atoms with Crippen molar-refractivity contribution in [1.29, 1.82) is 0 Å². The standard InChI is InChI=1S/C22H25FN6O.ClH/c1-14(15-4-6-16(23)7-5-15)20-17(29-12-22(2,13-29)30-3)10-18(28-21(20)24)27-19-11-25-8-9-26-19;/h4-11,14H,12-13H2,1-3H3,(H3,24,26,27,28);1H. The van der Waals surface area contributed by atoms with Gasteiger partial charge in [0.05, 0.1) is 11.8 Å². The van der Waals surface area contributed by atoms with E-state index in [-0.39, 0.29) is 29.7 Å². The second-order valence-corrected chi connectivity index (χ2v) is 7.82. The first-order valence-electron chi connectivity index (χ1n) is 9.77. The second kappa shape index (κ2) is 9.03. The molecule has 9 heteroatoms. The molecule has 1 fully saturated rings. The van der Waals surface area contributed by atoms with E-state index in [2.05, 4.69) is 39.0 Å². The quantitative estimate of drug-likeness (QED) is 0.590. The van der Waals surface area contributed by atoms with E-state index in [4.69, 9.17) is 10.5 Å². The van der Waals surface area contributed by atoms with Crippen LogP contribution >= 0.6 is 12.4 Å². The van der Waals surface area contributed by atoms with Gasteiger partial charge in [0.1, 0.15) is 23.3 Å².